The molecule has 0 bridgehead atoms. The van der Waals surface area contributed by atoms with Crippen LogP contribution in [-0.4, -0.2) is 19.5 Å². The van der Waals surface area contributed by atoms with Crippen molar-refractivity contribution in [1.82, 2.24) is 19.5 Å². The molecule has 0 spiro atoms. The molecule has 0 aliphatic heterocycles. The predicted molar refractivity (Wildman–Crippen MR) is 71.8 cm³/mol. The lowest BCUT2D eigenvalue weighted by Gasteiger charge is -2.06. The van der Waals surface area contributed by atoms with Gasteiger partial charge < -0.3 is 4.57 Å². The van der Waals surface area contributed by atoms with Crippen LogP contribution >= 0.6 is 11.6 Å². The van der Waals surface area contributed by atoms with Gasteiger partial charge in [0.15, 0.2) is 5.82 Å². The smallest absolute Gasteiger partial charge is 0.326 e. The van der Waals surface area contributed by atoms with E-state index in [9.17, 15) is 13.2 Å². The van der Waals surface area contributed by atoms with Crippen molar-refractivity contribution in [2.24, 2.45) is 7.05 Å². The van der Waals surface area contributed by atoms with Crippen molar-refractivity contribution in [3.05, 3.63) is 41.3 Å². The summed E-state index contributed by atoms with van der Waals surface area (Å²) < 4.78 is 39.8. The van der Waals surface area contributed by atoms with E-state index in [1.807, 2.05) is 0 Å². The van der Waals surface area contributed by atoms with Gasteiger partial charge in [-0.25, -0.2) is 15.0 Å². The van der Waals surface area contributed by atoms with Crippen molar-refractivity contribution in [2.45, 2.75) is 6.18 Å². The number of imidazole rings is 1. The molecule has 21 heavy (non-hydrogen) atoms. The van der Waals surface area contributed by atoms with Gasteiger partial charge in [-0.2, -0.15) is 13.2 Å². The van der Waals surface area contributed by atoms with Crippen LogP contribution in [0.25, 0.3) is 22.6 Å². The first kappa shape index (κ1) is 13.8. The normalized spacial score (nSPS) is 12.0. The van der Waals surface area contributed by atoms with Crippen LogP contribution < -0.4 is 0 Å². The molecule has 3 rings (SSSR count). The zero-order valence-corrected chi connectivity index (χ0v) is 11.4. The van der Waals surface area contributed by atoms with Crippen LogP contribution in [0.15, 0.2) is 30.7 Å². The highest BCUT2D eigenvalue weighted by Crippen LogP contribution is 2.33. The zero-order chi connectivity index (χ0) is 15.2. The molecule has 0 N–H and O–H groups in total. The fourth-order valence-corrected chi connectivity index (χ4v) is 2.25. The molecule has 0 amide bonds. The summed E-state index contributed by atoms with van der Waals surface area (Å²) in [4.78, 5) is 12.0. The second kappa shape index (κ2) is 4.70. The highest BCUT2D eigenvalue weighted by molar-refractivity contribution is 6.32. The summed E-state index contributed by atoms with van der Waals surface area (Å²) in [5, 5.41) is 0.284. The molecule has 4 nitrogen and oxygen atoms in total. The Balaban J connectivity index is 2.23. The minimum Gasteiger partial charge on any atom is -0.326 e. The van der Waals surface area contributed by atoms with Crippen molar-refractivity contribution >= 4 is 22.6 Å². The number of benzene rings is 1. The third-order valence-electron chi connectivity index (χ3n) is 3.09. The van der Waals surface area contributed by atoms with Gasteiger partial charge in [-0.1, -0.05) is 11.6 Å². The monoisotopic (exact) mass is 312 g/mol. The van der Waals surface area contributed by atoms with E-state index in [-0.39, 0.29) is 10.5 Å². The molecule has 2 heterocycles. The van der Waals surface area contributed by atoms with E-state index in [2.05, 4.69) is 15.0 Å². The first-order valence-electron chi connectivity index (χ1n) is 5.87. The number of nitrogens with zero attached hydrogens (tertiary/aromatic N) is 4. The number of hydrogen-bond donors (Lipinski definition) is 0. The predicted octanol–water partition coefficient (Wildman–Crippen LogP) is 3.70. The summed E-state index contributed by atoms with van der Waals surface area (Å²) in [7, 11) is 1.69. The lowest BCUT2D eigenvalue weighted by atomic mass is 10.2. The van der Waals surface area contributed by atoms with E-state index >= 15 is 0 Å². The quantitative estimate of drug-likeness (QED) is 0.688. The van der Waals surface area contributed by atoms with Crippen molar-refractivity contribution in [3.8, 4) is 11.5 Å². The average molecular weight is 313 g/mol. The van der Waals surface area contributed by atoms with Gasteiger partial charge in [0.2, 0.25) is 0 Å². The molecule has 0 unspecified atom stereocenters. The second-order valence-electron chi connectivity index (χ2n) is 4.41. The highest BCUT2D eigenvalue weighted by atomic mass is 35.5. The Labute approximate surface area is 122 Å². The van der Waals surface area contributed by atoms with Gasteiger partial charge >= 0.3 is 6.18 Å². The van der Waals surface area contributed by atoms with Crippen LogP contribution in [0.5, 0.6) is 0 Å². The molecular weight excluding hydrogens is 305 g/mol. The Bertz CT molecular complexity index is 826. The zero-order valence-electron chi connectivity index (χ0n) is 10.7. The maximum atomic E-state index is 12.7. The Hall–Kier alpha value is -2.15. The number of halogens is 4. The lowest BCUT2D eigenvalue weighted by Crippen LogP contribution is -2.04. The summed E-state index contributed by atoms with van der Waals surface area (Å²) >= 11 is 6.00. The third kappa shape index (κ3) is 2.33. The number of alkyl halides is 3. The Morgan fingerprint density at radius 3 is 2.67 bits per heavy atom. The van der Waals surface area contributed by atoms with E-state index in [0.29, 0.717) is 17.0 Å². The Kier molecular flexibility index (Phi) is 3.09. The minimum absolute atomic E-state index is 0.233. The Morgan fingerprint density at radius 1 is 1.24 bits per heavy atom. The van der Waals surface area contributed by atoms with Gasteiger partial charge in [-0.15, -0.1) is 0 Å². The second-order valence-corrected chi connectivity index (χ2v) is 4.82. The standard InChI is InChI=1S/C13H8ClF3N4/c1-21-10-3-2-7(13(15,16)17)4-9(10)20-12(21)11-8(14)5-18-6-19-11/h2-6H,1H3. The van der Waals surface area contributed by atoms with Crippen LogP contribution in [0.1, 0.15) is 5.56 Å². The van der Waals surface area contributed by atoms with Crippen LogP contribution in [0.2, 0.25) is 5.02 Å². The topological polar surface area (TPSA) is 43.6 Å². The molecular formula is C13H8ClF3N4. The van der Waals surface area contributed by atoms with E-state index in [1.54, 1.807) is 11.6 Å². The van der Waals surface area contributed by atoms with E-state index in [0.717, 1.165) is 12.1 Å². The fourth-order valence-electron chi connectivity index (χ4n) is 2.07. The van der Waals surface area contributed by atoms with E-state index < -0.39 is 11.7 Å². The average Bonchev–Trinajstić information content (AvgIpc) is 2.75. The summed E-state index contributed by atoms with van der Waals surface area (Å²) in [6.07, 6.45) is -1.69. The molecule has 108 valence electrons. The fraction of sp³-hybridized carbons (Fsp3) is 0.154. The molecule has 3 aromatic rings. The Morgan fingerprint density at radius 2 is 2.00 bits per heavy atom. The summed E-state index contributed by atoms with van der Waals surface area (Å²) in [5.74, 6) is 0.386. The minimum atomic E-state index is -4.40. The molecule has 0 fully saturated rings. The summed E-state index contributed by atoms with van der Waals surface area (Å²) in [6.45, 7) is 0. The van der Waals surface area contributed by atoms with Crippen LogP contribution in [0, 0.1) is 0 Å². The van der Waals surface area contributed by atoms with E-state index in [4.69, 9.17) is 11.6 Å². The molecule has 2 aromatic heterocycles. The maximum absolute atomic E-state index is 12.7. The largest absolute Gasteiger partial charge is 0.416 e. The van der Waals surface area contributed by atoms with Gasteiger partial charge in [0.1, 0.15) is 12.0 Å². The number of aryl methyl sites for hydroxylation is 1. The molecule has 0 radical (unpaired) electrons. The summed E-state index contributed by atoms with van der Waals surface area (Å²) in [6, 6.07) is 3.41. The van der Waals surface area contributed by atoms with E-state index in [1.165, 1.54) is 18.6 Å². The first-order chi connectivity index (χ1) is 9.88. The van der Waals surface area contributed by atoms with Gasteiger partial charge in [-0.3, -0.25) is 0 Å². The van der Waals surface area contributed by atoms with Crippen molar-refractivity contribution in [3.63, 3.8) is 0 Å². The number of rotatable bonds is 1. The summed E-state index contributed by atoms with van der Waals surface area (Å²) in [5.41, 5.74) is 0.428. The lowest BCUT2D eigenvalue weighted by molar-refractivity contribution is -0.137. The molecule has 1 aromatic carbocycles. The number of fused-ring (bicyclic) bond motifs is 1. The van der Waals surface area contributed by atoms with Crippen LogP contribution in [0.4, 0.5) is 13.2 Å². The third-order valence-corrected chi connectivity index (χ3v) is 3.36. The molecule has 0 saturated heterocycles. The van der Waals surface area contributed by atoms with Gasteiger partial charge in [0.25, 0.3) is 0 Å². The SMILES string of the molecule is Cn1c(-c2ncncc2Cl)nc2cc(C(F)(F)F)ccc21. The maximum Gasteiger partial charge on any atom is 0.416 e. The van der Waals surface area contributed by atoms with Gasteiger partial charge in [0.05, 0.1) is 21.6 Å². The highest BCUT2D eigenvalue weighted by Gasteiger charge is 2.31. The molecule has 0 atom stereocenters. The first-order valence-corrected chi connectivity index (χ1v) is 6.25. The molecule has 0 saturated carbocycles. The molecule has 8 heteroatoms. The van der Waals surface area contributed by atoms with Gasteiger partial charge in [0, 0.05) is 13.2 Å². The number of hydrogen-bond acceptors (Lipinski definition) is 3. The number of aromatic nitrogens is 4. The van der Waals surface area contributed by atoms with Crippen molar-refractivity contribution in [1.29, 1.82) is 0 Å². The molecule has 0 aliphatic rings. The molecule has 0 aliphatic carbocycles. The van der Waals surface area contributed by atoms with Crippen LogP contribution in [0.3, 0.4) is 0 Å². The van der Waals surface area contributed by atoms with Crippen molar-refractivity contribution < 1.29 is 13.2 Å². The van der Waals surface area contributed by atoms with Gasteiger partial charge in [-0.05, 0) is 18.2 Å². The van der Waals surface area contributed by atoms with Crippen molar-refractivity contribution in [2.75, 3.05) is 0 Å². The van der Waals surface area contributed by atoms with Crippen LogP contribution in [-0.2, 0) is 13.2 Å².